The van der Waals surface area contributed by atoms with E-state index >= 15 is 0 Å². The Balaban J connectivity index is 2.13. The molecule has 2 aliphatic heterocycles. The maximum Gasteiger partial charge on any atom is 0.333 e. The molecule has 0 unspecified atom stereocenters. The summed E-state index contributed by atoms with van der Waals surface area (Å²) in [5, 5.41) is 0. The fourth-order valence-corrected chi connectivity index (χ4v) is 2.36. The summed E-state index contributed by atoms with van der Waals surface area (Å²) in [6, 6.07) is 0. The van der Waals surface area contributed by atoms with Crippen molar-refractivity contribution >= 4 is 14.9 Å². The van der Waals surface area contributed by atoms with Crippen LogP contribution in [-0.4, -0.2) is 25.1 Å². The monoisotopic (exact) mass is 176 g/mol. The molecular weight excluding hydrogens is 167 g/mol. The van der Waals surface area contributed by atoms with E-state index in [9.17, 15) is 4.79 Å². The predicted octanol–water partition coefficient (Wildman–Crippen LogP) is 1.01. The Labute approximate surface area is 65.8 Å². The van der Waals surface area contributed by atoms with Gasteiger partial charge in [0.05, 0.1) is 13.2 Å². The van der Waals surface area contributed by atoms with Gasteiger partial charge in [0.2, 0.25) is 0 Å². The highest BCUT2D eigenvalue weighted by Gasteiger charge is 2.42. The van der Waals surface area contributed by atoms with Crippen LogP contribution in [0.25, 0.3) is 0 Å². The Hall–Kier alpha value is -0.0200. The van der Waals surface area contributed by atoms with E-state index in [1.807, 2.05) is 0 Å². The van der Waals surface area contributed by atoms with E-state index in [0.29, 0.717) is 26.1 Å². The molecule has 2 rings (SSSR count). The third-order valence-corrected chi connectivity index (χ3v) is 3.21. The highest BCUT2D eigenvalue weighted by atomic mass is 31.2. The lowest BCUT2D eigenvalue weighted by Crippen LogP contribution is -2.41. The van der Waals surface area contributed by atoms with Crippen molar-refractivity contribution in [2.24, 2.45) is 0 Å². The first-order chi connectivity index (χ1) is 5.35. The molecule has 2 fully saturated rings. The molecule has 5 heteroatoms. The van der Waals surface area contributed by atoms with Crippen LogP contribution in [-0.2, 0) is 18.4 Å². The zero-order valence-electron chi connectivity index (χ0n) is 5.99. The van der Waals surface area contributed by atoms with Crippen molar-refractivity contribution in [3.05, 3.63) is 0 Å². The maximum atomic E-state index is 10.7. The molecule has 0 amide bonds. The van der Waals surface area contributed by atoms with Crippen LogP contribution < -0.4 is 0 Å². The summed E-state index contributed by atoms with van der Waals surface area (Å²) in [5.41, 5.74) is -0.581. The van der Waals surface area contributed by atoms with Crippen molar-refractivity contribution in [3.63, 3.8) is 0 Å². The Bertz CT molecular complexity index is 162. The lowest BCUT2D eigenvalue weighted by atomic mass is 9.99. The van der Waals surface area contributed by atoms with Crippen LogP contribution in [0.15, 0.2) is 0 Å². The van der Waals surface area contributed by atoms with E-state index in [4.69, 9.17) is 13.6 Å². The summed E-state index contributed by atoms with van der Waals surface area (Å²) in [5.74, 6) is 0. The van der Waals surface area contributed by atoms with Crippen LogP contribution in [0.5, 0.6) is 0 Å². The van der Waals surface area contributed by atoms with Gasteiger partial charge in [-0.3, -0.25) is 4.52 Å². The Morgan fingerprint density at radius 1 is 1.27 bits per heavy atom. The van der Waals surface area contributed by atoms with Gasteiger partial charge in [0, 0.05) is 12.8 Å². The average Bonchev–Trinajstić information content (AvgIpc) is 2.05. The number of hydrogen-bond acceptors (Lipinski definition) is 4. The van der Waals surface area contributed by atoms with Gasteiger partial charge in [-0.05, 0) is 0 Å². The second-order valence-corrected chi connectivity index (χ2v) is 3.81. The molecule has 0 aromatic carbocycles. The highest BCUT2D eigenvalue weighted by molar-refractivity contribution is 7.41. The summed E-state index contributed by atoms with van der Waals surface area (Å²) >= 11 is 0. The SMILES string of the molecule is O=CC12CCOP(OCC1)O2. The minimum atomic E-state index is -1.21. The van der Waals surface area contributed by atoms with Gasteiger partial charge in [-0.15, -0.1) is 0 Å². The van der Waals surface area contributed by atoms with Crippen LogP contribution in [0.1, 0.15) is 12.8 Å². The van der Waals surface area contributed by atoms with Crippen LogP contribution in [0, 0.1) is 0 Å². The smallest absolute Gasteiger partial charge is 0.312 e. The Morgan fingerprint density at radius 2 is 1.91 bits per heavy atom. The zero-order valence-corrected chi connectivity index (χ0v) is 6.88. The zero-order chi connectivity index (χ0) is 7.73. The highest BCUT2D eigenvalue weighted by Crippen LogP contribution is 2.52. The summed E-state index contributed by atoms with van der Waals surface area (Å²) in [4.78, 5) is 10.7. The van der Waals surface area contributed by atoms with Gasteiger partial charge in [-0.1, -0.05) is 0 Å². The molecule has 0 spiro atoms. The second kappa shape index (κ2) is 2.79. The number of carbonyl (C=O) groups is 1. The maximum absolute atomic E-state index is 10.7. The van der Waals surface area contributed by atoms with Crippen molar-refractivity contribution in [3.8, 4) is 0 Å². The molecular formula is C6H9O4P. The predicted molar refractivity (Wildman–Crippen MR) is 37.9 cm³/mol. The summed E-state index contributed by atoms with van der Waals surface area (Å²) in [6.45, 7) is 1.15. The standard InChI is InChI=1S/C6H9O4P/c7-5-6-1-3-8-11(10-6)9-4-2-6/h5H,1-4H2. The largest absolute Gasteiger partial charge is 0.333 e. The molecule has 2 aliphatic rings. The van der Waals surface area contributed by atoms with Gasteiger partial charge in [0.1, 0.15) is 5.60 Å². The molecule has 2 bridgehead atoms. The van der Waals surface area contributed by atoms with Crippen molar-refractivity contribution in [2.75, 3.05) is 13.2 Å². The lowest BCUT2D eigenvalue weighted by molar-refractivity contribution is -0.132. The normalized spacial score (nSPS) is 43.5. The van der Waals surface area contributed by atoms with Crippen LogP contribution in [0.3, 0.4) is 0 Å². The van der Waals surface area contributed by atoms with Gasteiger partial charge in [-0.25, -0.2) is 0 Å². The minimum absolute atomic E-state index is 0.574. The Kier molecular flexibility index (Phi) is 1.93. The minimum Gasteiger partial charge on any atom is -0.312 e. The molecule has 2 heterocycles. The van der Waals surface area contributed by atoms with E-state index in [0.717, 1.165) is 6.29 Å². The molecule has 0 N–H and O–H groups in total. The molecule has 0 aromatic rings. The first kappa shape index (κ1) is 7.62. The fourth-order valence-electron chi connectivity index (χ4n) is 1.18. The molecule has 2 saturated heterocycles. The van der Waals surface area contributed by atoms with Gasteiger partial charge in [0.25, 0.3) is 0 Å². The molecule has 0 aliphatic carbocycles. The Morgan fingerprint density at radius 3 is 2.36 bits per heavy atom. The van der Waals surface area contributed by atoms with E-state index in [-0.39, 0.29) is 0 Å². The van der Waals surface area contributed by atoms with Gasteiger partial charge in [0.15, 0.2) is 6.29 Å². The topological polar surface area (TPSA) is 44.8 Å². The average molecular weight is 176 g/mol. The molecule has 0 radical (unpaired) electrons. The first-order valence-electron chi connectivity index (χ1n) is 3.56. The van der Waals surface area contributed by atoms with Crippen LogP contribution >= 0.6 is 8.60 Å². The molecule has 4 nitrogen and oxygen atoms in total. The third-order valence-electron chi connectivity index (χ3n) is 1.91. The number of fused-ring (bicyclic) bond motifs is 2. The molecule has 0 atom stereocenters. The second-order valence-electron chi connectivity index (χ2n) is 2.66. The number of rotatable bonds is 1. The van der Waals surface area contributed by atoms with Crippen molar-refractivity contribution in [1.82, 2.24) is 0 Å². The fraction of sp³-hybridized carbons (Fsp3) is 0.833. The van der Waals surface area contributed by atoms with Gasteiger partial charge < -0.3 is 13.8 Å². The van der Waals surface area contributed by atoms with Crippen molar-refractivity contribution in [2.45, 2.75) is 18.4 Å². The van der Waals surface area contributed by atoms with Crippen molar-refractivity contribution in [1.29, 1.82) is 0 Å². The lowest BCUT2D eigenvalue weighted by Gasteiger charge is -2.39. The summed E-state index contributed by atoms with van der Waals surface area (Å²) in [6.07, 6.45) is 2.21. The molecule has 62 valence electrons. The van der Waals surface area contributed by atoms with Crippen LogP contribution in [0.2, 0.25) is 0 Å². The molecule has 0 aromatic heterocycles. The molecule has 11 heavy (non-hydrogen) atoms. The molecule has 0 saturated carbocycles. The number of aldehydes is 1. The quantitative estimate of drug-likeness (QED) is 0.441. The van der Waals surface area contributed by atoms with Crippen LogP contribution in [0.4, 0.5) is 0 Å². The number of hydrogen-bond donors (Lipinski definition) is 0. The van der Waals surface area contributed by atoms with Crippen molar-refractivity contribution < 1.29 is 18.4 Å². The first-order valence-corrected chi connectivity index (χ1v) is 4.66. The summed E-state index contributed by atoms with van der Waals surface area (Å²) < 4.78 is 15.6. The van der Waals surface area contributed by atoms with E-state index in [2.05, 4.69) is 0 Å². The van der Waals surface area contributed by atoms with E-state index in [1.165, 1.54) is 0 Å². The van der Waals surface area contributed by atoms with Gasteiger partial charge in [-0.2, -0.15) is 0 Å². The number of carbonyl (C=O) groups excluding carboxylic acids is 1. The van der Waals surface area contributed by atoms with E-state index < -0.39 is 14.2 Å². The van der Waals surface area contributed by atoms with E-state index in [1.54, 1.807) is 0 Å². The van der Waals surface area contributed by atoms with Gasteiger partial charge >= 0.3 is 8.60 Å². The summed E-state index contributed by atoms with van der Waals surface area (Å²) in [7, 11) is -1.21. The third kappa shape index (κ3) is 1.32.